The molecule has 29 heavy (non-hydrogen) atoms. The van der Waals surface area contributed by atoms with Crippen molar-refractivity contribution in [3.63, 3.8) is 0 Å². The third kappa shape index (κ3) is 5.78. The maximum Gasteiger partial charge on any atom is 0.239 e. The Labute approximate surface area is 180 Å². The van der Waals surface area contributed by atoms with Crippen LogP contribution in [0.15, 0.2) is 30.3 Å². The quantitative estimate of drug-likeness (QED) is 0.682. The maximum absolute atomic E-state index is 12.2. The first-order chi connectivity index (χ1) is 13.6. The van der Waals surface area contributed by atoms with Crippen LogP contribution in [0.4, 0.5) is 5.69 Å². The highest BCUT2D eigenvalue weighted by Gasteiger charge is 2.28. The fraction of sp³-hybridized carbons (Fsp3) is 0.350. The molecule has 1 fully saturated rings. The zero-order valence-electron chi connectivity index (χ0n) is 16.1. The molecule has 1 amide bonds. The number of hydrogen-bond donors (Lipinski definition) is 2. The first kappa shape index (κ1) is 21.7. The van der Waals surface area contributed by atoms with Gasteiger partial charge in [-0.1, -0.05) is 23.2 Å². The number of aryl methyl sites for hydroxylation is 2. The highest BCUT2D eigenvalue weighted by Crippen LogP contribution is 2.36. The summed E-state index contributed by atoms with van der Waals surface area (Å²) in [5.41, 5.74) is 2.33. The van der Waals surface area contributed by atoms with Gasteiger partial charge in [0.25, 0.3) is 0 Å². The number of benzene rings is 2. The fourth-order valence-electron chi connectivity index (χ4n) is 3.26. The van der Waals surface area contributed by atoms with Gasteiger partial charge in [0.1, 0.15) is 5.75 Å². The summed E-state index contributed by atoms with van der Waals surface area (Å²) in [7, 11) is -3.05. The van der Waals surface area contributed by atoms with E-state index in [4.69, 9.17) is 27.9 Å². The Morgan fingerprint density at radius 2 is 1.83 bits per heavy atom. The Bertz CT molecular complexity index is 1020. The molecule has 0 spiro atoms. The third-order valence-electron chi connectivity index (χ3n) is 4.62. The van der Waals surface area contributed by atoms with Gasteiger partial charge in [-0.3, -0.25) is 4.79 Å². The molecule has 0 bridgehead atoms. The van der Waals surface area contributed by atoms with Gasteiger partial charge >= 0.3 is 0 Å². The molecular weight excluding hydrogens is 435 g/mol. The highest BCUT2D eigenvalue weighted by atomic mass is 35.5. The van der Waals surface area contributed by atoms with E-state index in [9.17, 15) is 13.2 Å². The summed E-state index contributed by atoms with van der Waals surface area (Å²) in [6, 6.07) is 8.38. The molecule has 0 aliphatic carbocycles. The van der Waals surface area contributed by atoms with Crippen molar-refractivity contribution < 1.29 is 17.9 Å². The number of rotatable bonds is 6. The zero-order valence-corrected chi connectivity index (χ0v) is 18.4. The molecule has 2 aromatic carbocycles. The molecule has 0 radical (unpaired) electrons. The van der Waals surface area contributed by atoms with E-state index < -0.39 is 9.84 Å². The van der Waals surface area contributed by atoms with Crippen LogP contribution in [-0.2, 0) is 14.6 Å². The molecule has 156 valence electrons. The van der Waals surface area contributed by atoms with Crippen molar-refractivity contribution in [2.24, 2.45) is 0 Å². The number of anilines is 1. The van der Waals surface area contributed by atoms with E-state index >= 15 is 0 Å². The summed E-state index contributed by atoms with van der Waals surface area (Å²) in [6.07, 6.45) is 0.439. The SMILES string of the molecule is Cc1cc(Cl)cc(C)c1Oc1ccc(Cl)cc1NCC(=O)N[C@@H]1CCS(=O)(=O)C1. The van der Waals surface area contributed by atoms with Gasteiger partial charge in [-0.05, 0) is 61.7 Å². The van der Waals surface area contributed by atoms with Gasteiger partial charge < -0.3 is 15.4 Å². The Kier molecular flexibility index (Phi) is 6.61. The number of nitrogens with one attached hydrogen (secondary N) is 2. The highest BCUT2D eigenvalue weighted by molar-refractivity contribution is 7.91. The van der Waals surface area contributed by atoms with E-state index in [-0.39, 0.29) is 30.0 Å². The van der Waals surface area contributed by atoms with Gasteiger partial charge in [0, 0.05) is 16.1 Å². The van der Waals surface area contributed by atoms with Crippen molar-refractivity contribution in [1.82, 2.24) is 5.32 Å². The summed E-state index contributed by atoms with van der Waals surface area (Å²) in [5, 5.41) is 6.89. The molecule has 1 aliphatic heterocycles. The first-order valence-electron chi connectivity index (χ1n) is 9.11. The smallest absolute Gasteiger partial charge is 0.239 e. The number of halogens is 2. The van der Waals surface area contributed by atoms with Crippen LogP contribution in [0.5, 0.6) is 11.5 Å². The number of ether oxygens (including phenoxy) is 1. The lowest BCUT2D eigenvalue weighted by Crippen LogP contribution is -2.39. The average Bonchev–Trinajstić information content (AvgIpc) is 2.96. The standard InChI is InChI=1S/C20H22Cl2N2O4S/c1-12-7-15(22)8-13(2)20(12)28-18-4-3-14(21)9-17(18)23-10-19(25)24-16-5-6-29(26,27)11-16/h3-4,7-9,16,23H,5-6,10-11H2,1-2H3,(H,24,25)/t16-/m1/s1. The molecule has 1 atom stereocenters. The van der Waals surface area contributed by atoms with Gasteiger partial charge in [0.15, 0.2) is 15.6 Å². The van der Waals surface area contributed by atoms with Crippen molar-refractivity contribution in [3.8, 4) is 11.5 Å². The second-order valence-electron chi connectivity index (χ2n) is 7.13. The van der Waals surface area contributed by atoms with Gasteiger partial charge in [-0.15, -0.1) is 0 Å². The average molecular weight is 457 g/mol. The number of sulfone groups is 1. The van der Waals surface area contributed by atoms with E-state index in [1.165, 1.54) is 0 Å². The van der Waals surface area contributed by atoms with Crippen molar-refractivity contribution in [3.05, 3.63) is 51.5 Å². The lowest BCUT2D eigenvalue weighted by atomic mass is 10.1. The van der Waals surface area contributed by atoms with E-state index in [0.717, 1.165) is 11.1 Å². The van der Waals surface area contributed by atoms with E-state index in [1.54, 1.807) is 18.2 Å². The lowest BCUT2D eigenvalue weighted by molar-refractivity contribution is -0.119. The van der Waals surface area contributed by atoms with Gasteiger partial charge in [0.2, 0.25) is 5.91 Å². The van der Waals surface area contributed by atoms with Crippen LogP contribution >= 0.6 is 23.2 Å². The van der Waals surface area contributed by atoms with Crippen LogP contribution in [-0.4, -0.2) is 38.4 Å². The predicted octanol–water partition coefficient (Wildman–Crippen LogP) is 4.12. The predicted molar refractivity (Wildman–Crippen MR) is 116 cm³/mol. The summed E-state index contributed by atoms with van der Waals surface area (Å²) >= 11 is 12.2. The summed E-state index contributed by atoms with van der Waals surface area (Å²) in [5.74, 6) is 0.994. The van der Waals surface area contributed by atoms with E-state index in [1.807, 2.05) is 26.0 Å². The van der Waals surface area contributed by atoms with Crippen molar-refractivity contribution >= 4 is 44.6 Å². The Morgan fingerprint density at radius 3 is 2.45 bits per heavy atom. The minimum absolute atomic E-state index is 0.0145. The Balaban J connectivity index is 1.70. The molecule has 0 aromatic heterocycles. The molecular formula is C20H22Cl2N2O4S. The number of carbonyl (C=O) groups excluding carboxylic acids is 1. The van der Waals surface area contributed by atoms with Crippen LogP contribution in [0.3, 0.4) is 0 Å². The number of carbonyl (C=O) groups is 1. The Morgan fingerprint density at radius 1 is 1.14 bits per heavy atom. The van der Waals surface area contributed by atoms with Crippen molar-refractivity contribution in [2.45, 2.75) is 26.3 Å². The van der Waals surface area contributed by atoms with Gasteiger partial charge in [-0.2, -0.15) is 0 Å². The van der Waals surface area contributed by atoms with Crippen LogP contribution in [0.25, 0.3) is 0 Å². The van der Waals surface area contributed by atoms with Crippen LogP contribution in [0, 0.1) is 13.8 Å². The number of amides is 1. The molecule has 2 aromatic rings. The number of hydrogen-bond acceptors (Lipinski definition) is 5. The summed E-state index contributed by atoms with van der Waals surface area (Å²) in [6.45, 7) is 3.77. The van der Waals surface area contributed by atoms with Gasteiger partial charge in [0.05, 0.1) is 23.7 Å². The van der Waals surface area contributed by atoms with E-state index in [0.29, 0.717) is 33.7 Å². The van der Waals surface area contributed by atoms with Crippen molar-refractivity contribution in [1.29, 1.82) is 0 Å². The molecule has 1 saturated heterocycles. The Hall–Kier alpha value is -1.96. The second kappa shape index (κ2) is 8.81. The summed E-state index contributed by atoms with van der Waals surface area (Å²) < 4.78 is 29.1. The van der Waals surface area contributed by atoms with Crippen LogP contribution in [0.2, 0.25) is 10.0 Å². The monoisotopic (exact) mass is 456 g/mol. The zero-order chi connectivity index (χ0) is 21.2. The largest absolute Gasteiger partial charge is 0.455 e. The molecule has 6 nitrogen and oxygen atoms in total. The topological polar surface area (TPSA) is 84.5 Å². The van der Waals surface area contributed by atoms with Crippen LogP contribution < -0.4 is 15.4 Å². The first-order valence-corrected chi connectivity index (χ1v) is 11.7. The molecule has 1 heterocycles. The minimum Gasteiger partial charge on any atom is -0.455 e. The molecule has 2 N–H and O–H groups in total. The molecule has 0 unspecified atom stereocenters. The second-order valence-corrected chi connectivity index (χ2v) is 10.2. The van der Waals surface area contributed by atoms with Crippen LogP contribution in [0.1, 0.15) is 17.5 Å². The van der Waals surface area contributed by atoms with Crippen molar-refractivity contribution in [2.75, 3.05) is 23.4 Å². The normalized spacial score (nSPS) is 17.7. The minimum atomic E-state index is -3.05. The molecule has 3 rings (SSSR count). The molecule has 9 heteroatoms. The maximum atomic E-state index is 12.2. The molecule has 0 saturated carbocycles. The van der Waals surface area contributed by atoms with E-state index in [2.05, 4.69) is 10.6 Å². The molecule has 1 aliphatic rings. The fourth-order valence-corrected chi connectivity index (χ4v) is 5.43. The third-order valence-corrected chi connectivity index (χ3v) is 6.84. The lowest BCUT2D eigenvalue weighted by Gasteiger charge is -2.17. The van der Waals surface area contributed by atoms with Gasteiger partial charge in [-0.25, -0.2) is 8.42 Å². The summed E-state index contributed by atoms with van der Waals surface area (Å²) in [4.78, 5) is 12.2.